The fourth-order valence-electron chi connectivity index (χ4n) is 4.24. The number of hydrogen-bond acceptors (Lipinski definition) is 3. The number of hydrogen-bond donors (Lipinski definition) is 1. The second kappa shape index (κ2) is 8.17. The fourth-order valence-corrected chi connectivity index (χ4v) is 4.24. The SMILES string of the molecule is COc1cccc(C2(O)CCN(C(c3ccccc3)c3ccccc3)CC2)c1. The van der Waals surface area contributed by atoms with Gasteiger partial charge in [0.15, 0.2) is 0 Å². The van der Waals surface area contributed by atoms with E-state index in [9.17, 15) is 5.11 Å². The van der Waals surface area contributed by atoms with Crippen LogP contribution in [0.5, 0.6) is 5.75 Å². The predicted octanol–water partition coefficient (Wildman–Crippen LogP) is 4.77. The first-order valence-corrected chi connectivity index (χ1v) is 9.90. The van der Waals surface area contributed by atoms with E-state index >= 15 is 0 Å². The Hall–Kier alpha value is -2.62. The number of methoxy groups -OCH3 is 1. The van der Waals surface area contributed by atoms with E-state index in [-0.39, 0.29) is 6.04 Å². The molecule has 3 nitrogen and oxygen atoms in total. The van der Waals surface area contributed by atoms with Gasteiger partial charge in [-0.25, -0.2) is 0 Å². The summed E-state index contributed by atoms with van der Waals surface area (Å²) in [5.74, 6) is 0.791. The normalized spacial score (nSPS) is 16.8. The summed E-state index contributed by atoms with van der Waals surface area (Å²) < 4.78 is 5.34. The van der Waals surface area contributed by atoms with E-state index < -0.39 is 5.60 Å². The van der Waals surface area contributed by atoms with E-state index in [1.807, 2.05) is 24.3 Å². The van der Waals surface area contributed by atoms with Gasteiger partial charge in [0.2, 0.25) is 0 Å². The van der Waals surface area contributed by atoms with E-state index in [1.165, 1.54) is 11.1 Å². The zero-order chi connectivity index (χ0) is 19.4. The Morgan fingerprint density at radius 2 is 1.39 bits per heavy atom. The number of piperidine rings is 1. The number of aliphatic hydroxyl groups is 1. The van der Waals surface area contributed by atoms with Crippen LogP contribution in [-0.2, 0) is 5.60 Å². The van der Waals surface area contributed by atoms with Crippen LogP contribution in [-0.4, -0.2) is 30.2 Å². The zero-order valence-electron chi connectivity index (χ0n) is 16.3. The molecule has 0 bridgehead atoms. The summed E-state index contributed by atoms with van der Waals surface area (Å²) in [6, 6.07) is 29.3. The summed E-state index contributed by atoms with van der Waals surface area (Å²) in [4.78, 5) is 2.49. The first-order chi connectivity index (χ1) is 13.7. The summed E-state index contributed by atoms with van der Waals surface area (Å²) in [5, 5.41) is 11.3. The minimum absolute atomic E-state index is 0.206. The van der Waals surface area contributed by atoms with E-state index in [0.717, 1.165) is 24.4 Å². The Morgan fingerprint density at radius 3 is 1.93 bits per heavy atom. The van der Waals surface area contributed by atoms with Crippen molar-refractivity contribution >= 4 is 0 Å². The number of benzene rings is 3. The van der Waals surface area contributed by atoms with Crippen LogP contribution in [0.2, 0.25) is 0 Å². The van der Waals surface area contributed by atoms with Crippen LogP contribution < -0.4 is 4.74 Å². The molecule has 0 spiro atoms. The molecular formula is C25H27NO2. The van der Waals surface area contributed by atoms with Crippen molar-refractivity contribution in [2.45, 2.75) is 24.5 Å². The summed E-state index contributed by atoms with van der Waals surface area (Å²) in [7, 11) is 1.66. The zero-order valence-corrected chi connectivity index (χ0v) is 16.3. The molecular weight excluding hydrogens is 346 g/mol. The standard InChI is InChI=1S/C25H27NO2/c1-28-23-14-8-13-22(19-23)25(27)15-17-26(18-16-25)24(20-9-4-2-5-10-20)21-11-6-3-7-12-21/h2-14,19,24,27H,15-18H2,1H3. The van der Waals surface area contributed by atoms with Crippen molar-refractivity contribution in [3.8, 4) is 5.75 Å². The maximum atomic E-state index is 11.3. The molecule has 0 aromatic heterocycles. The molecule has 1 fully saturated rings. The topological polar surface area (TPSA) is 32.7 Å². The molecule has 1 heterocycles. The number of nitrogens with zero attached hydrogens (tertiary/aromatic N) is 1. The lowest BCUT2D eigenvalue weighted by Gasteiger charge is -2.42. The Morgan fingerprint density at radius 1 is 0.821 bits per heavy atom. The average molecular weight is 373 g/mol. The molecule has 28 heavy (non-hydrogen) atoms. The van der Waals surface area contributed by atoms with Crippen molar-refractivity contribution < 1.29 is 9.84 Å². The van der Waals surface area contributed by atoms with Crippen molar-refractivity contribution in [2.75, 3.05) is 20.2 Å². The Balaban J connectivity index is 1.58. The maximum Gasteiger partial charge on any atom is 0.119 e. The first kappa shape index (κ1) is 18.7. The highest BCUT2D eigenvalue weighted by atomic mass is 16.5. The van der Waals surface area contributed by atoms with Crippen molar-refractivity contribution in [3.63, 3.8) is 0 Å². The van der Waals surface area contributed by atoms with Crippen LogP contribution >= 0.6 is 0 Å². The molecule has 0 amide bonds. The lowest BCUT2D eigenvalue weighted by atomic mass is 9.83. The van der Waals surface area contributed by atoms with Gasteiger partial charge in [-0.2, -0.15) is 0 Å². The molecule has 0 atom stereocenters. The summed E-state index contributed by atoms with van der Waals surface area (Å²) in [6.45, 7) is 1.67. The van der Waals surface area contributed by atoms with E-state index in [2.05, 4.69) is 65.6 Å². The first-order valence-electron chi connectivity index (χ1n) is 9.90. The van der Waals surface area contributed by atoms with Gasteiger partial charge in [0.1, 0.15) is 5.75 Å². The highest BCUT2D eigenvalue weighted by Crippen LogP contribution is 2.38. The molecule has 3 aromatic rings. The summed E-state index contributed by atoms with van der Waals surface area (Å²) >= 11 is 0. The van der Waals surface area contributed by atoms with Crippen molar-refractivity contribution in [1.82, 2.24) is 4.90 Å². The Bertz CT molecular complexity index is 847. The second-order valence-electron chi connectivity index (χ2n) is 7.52. The molecule has 0 saturated carbocycles. The van der Waals surface area contributed by atoms with Crippen LogP contribution in [0.4, 0.5) is 0 Å². The van der Waals surface area contributed by atoms with Gasteiger partial charge in [0.25, 0.3) is 0 Å². The minimum Gasteiger partial charge on any atom is -0.497 e. The largest absolute Gasteiger partial charge is 0.497 e. The lowest BCUT2D eigenvalue weighted by molar-refractivity contribution is -0.0326. The van der Waals surface area contributed by atoms with E-state index in [0.29, 0.717) is 12.8 Å². The van der Waals surface area contributed by atoms with Gasteiger partial charge >= 0.3 is 0 Å². The quantitative estimate of drug-likeness (QED) is 0.699. The molecule has 1 aliphatic rings. The van der Waals surface area contributed by atoms with Crippen molar-refractivity contribution in [3.05, 3.63) is 102 Å². The third kappa shape index (κ3) is 3.82. The lowest BCUT2D eigenvalue weighted by Crippen LogP contribution is -2.44. The Labute approximate surface area is 167 Å². The predicted molar refractivity (Wildman–Crippen MR) is 112 cm³/mol. The summed E-state index contributed by atoms with van der Waals surface area (Å²) in [5.41, 5.74) is 2.73. The molecule has 0 aliphatic carbocycles. The smallest absolute Gasteiger partial charge is 0.119 e. The average Bonchev–Trinajstić information content (AvgIpc) is 2.77. The Kier molecular flexibility index (Phi) is 5.47. The fraction of sp³-hybridized carbons (Fsp3) is 0.280. The molecule has 0 radical (unpaired) electrons. The third-order valence-electron chi connectivity index (χ3n) is 5.83. The monoisotopic (exact) mass is 373 g/mol. The van der Waals surface area contributed by atoms with Gasteiger partial charge in [-0.3, -0.25) is 4.90 Å². The van der Waals surface area contributed by atoms with Gasteiger partial charge in [0, 0.05) is 13.1 Å². The molecule has 144 valence electrons. The van der Waals surface area contributed by atoms with Crippen LogP contribution in [0.3, 0.4) is 0 Å². The highest BCUT2D eigenvalue weighted by Gasteiger charge is 2.37. The van der Waals surface area contributed by atoms with Crippen LogP contribution in [0.15, 0.2) is 84.9 Å². The number of rotatable bonds is 5. The molecule has 1 N–H and O–H groups in total. The molecule has 1 saturated heterocycles. The number of likely N-dealkylation sites (tertiary alicyclic amines) is 1. The van der Waals surface area contributed by atoms with Crippen LogP contribution in [0, 0.1) is 0 Å². The highest BCUT2D eigenvalue weighted by molar-refractivity contribution is 5.34. The maximum absolute atomic E-state index is 11.3. The second-order valence-corrected chi connectivity index (χ2v) is 7.52. The number of ether oxygens (including phenoxy) is 1. The van der Waals surface area contributed by atoms with Crippen molar-refractivity contribution in [1.29, 1.82) is 0 Å². The van der Waals surface area contributed by atoms with Gasteiger partial charge in [-0.05, 0) is 41.7 Å². The summed E-state index contributed by atoms with van der Waals surface area (Å²) in [6.07, 6.45) is 1.41. The molecule has 1 aliphatic heterocycles. The van der Waals surface area contributed by atoms with Crippen molar-refractivity contribution in [2.24, 2.45) is 0 Å². The molecule has 4 rings (SSSR count). The minimum atomic E-state index is -0.803. The van der Waals surface area contributed by atoms with E-state index in [1.54, 1.807) is 7.11 Å². The van der Waals surface area contributed by atoms with Crippen LogP contribution in [0.25, 0.3) is 0 Å². The van der Waals surface area contributed by atoms with Gasteiger partial charge in [-0.1, -0.05) is 72.8 Å². The van der Waals surface area contributed by atoms with Gasteiger partial charge in [0.05, 0.1) is 18.8 Å². The third-order valence-corrected chi connectivity index (χ3v) is 5.83. The van der Waals surface area contributed by atoms with E-state index in [4.69, 9.17) is 4.74 Å². The van der Waals surface area contributed by atoms with Crippen LogP contribution in [0.1, 0.15) is 35.6 Å². The molecule has 3 heteroatoms. The van der Waals surface area contributed by atoms with Gasteiger partial charge < -0.3 is 9.84 Å². The molecule has 3 aromatic carbocycles. The molecule has 0 unspecified atom stereocenters. The van der Waals surface area contributed by atoms with Gasteiger partial charge in [-0.15, -0.1) is 0 Å².